The zero-order chi connectivity index (χ0) is 14.8. The van der Waals surface area contributed by atoms with Crippen molar-refractivity contribution in [2.45, 2.75) is 18.2 Å². The molecule has 0 amide bonds. The molecule has 0 aromatic carbocycles. The van der Waals surface area contributed by atoms with Crippen LogP contribution in [0.25, 0.3) is 0 Å². The summed E-state index contributed by atoms with van der Waals surface area (Å²) >= 11 is 13.6. The molecule has 1 aromatic rings. The molecule has 0 bridgehead atoms. The van der Waals surface area contributed by atoms with Gasteiger partial charge in [-0.25, -0.2) is 18.4 Å². The average molecular weight is 356 g/mol. The smallest absolute Gasteiger partial charge is 0.171 e. The first-order valence-corrected chi connectivity index (χ1v) is 9.90. The predicted octanol–water partition coefficient (Wildman–Crippen LogP) is 2.18. The number of halogens is 2. The average Bonchev–Trinajstić information content (AvgIpc) is 2.47. The number of aromatic nitrogens is 2. The minimum atomic E-state index is -3.20. The van der Waals surface area contributed by atoms with E-state index in [4.69, 9.17) is 23.2 Å². The molecular formula is C11H15Cl2N3O2S2. The van der Waals surface area contributed by atoms with Crippen LogP contribution in [0.15, 0.2) is 6.33 Å². The monoisotopic (exact) mass is 355 g/mol. The van der Waals surface area contributed by atoms with Crippen molar-refractivity contribution in [1.82, 2.24) is 9.97 Å². The summed E-state index contributed by atoms with van der Waals surface area (Å²) < 4.78 is 24.5. The number of hydrogen-bond acceptors (Lipinski definition) is 6. The van der Waals surface area contributed by atoms with Crippen molar-refractivity contribution in [3.05, 3.63) is 17.0 Å². The Labute approximate surface area is 133 Å². The molecular weight excluding hydrogens is 341 g/mol. The molecule has 9 heteroatoms. The topological polar surface area (TPSA) is 63.2 Å². The highest BCUT2D eigenvalue weighted by Crippen LogP contribution is 2.31. The lowest BCUT2D eigenvalue weighted by molar-refractivity contribution is 0.578. The molecule has 1 saturated heterocycles. The van der Waals surface area contributed by atoms with Crippen molar-refractivity contribution in [3.8, 4) is 0 Å². The maximum Gasteiger partial charge on any atom is 0.171 e. The van der Waals surface area contributed by atoms with Crippen LogP contribution in [0.4, 0.5) is 5.82 Å². The lowest BCUT2D eigenvalue weighted by Gasteiger charge is -2.36. The van der Waals surface area contributed by atoms with Gasteiger partial charge in [0.2, 0.25) is 0 Å². The summed E-state index contributed by atoms with van der Waals surface area (Å²) in [4.78, 5) is 9.90. The molecule has 1 aromatic heterocycles. The third-order valence-electron chi connectivity index (χ3n) is 3.18. The maximum absolute atomic E-state index is 12.3. The Hall–Kier alpha value is -0.240. The van der Waals surface area contributed by atoms with Crippen LogP contribution in [0.2, 0.25) is 5.15 Å². The summed E-state index contributed by atoms with van der Waals surface area (Å²) in [6, 6.07) is 0. The molecule has 0 spiro atoms. The molecule has 2 heterocycles. The van der Waals surface area contributed by atoms with Gasteiger partial charge >= 0.3 is 0 Å². The van der Waals surface area contributed by atoms with E-state index >= 15 is 0 Å². The minimum absolute atomic E-state index is 0.101. The second-order valence-corrected chi connectivity index (χ2v) is 8.50. The van der Waals surface area contributed by atoms with Crippen LogP contribution in [-0.2, 0) is 15.7 Å². The van der Waals surface area contributed by atoms with E-state index in [1.807, 2.05) is 0 Å². The number of rotatable bonds is 4. The number of sulfone groups is 1. The second kappa shape index (κ2) is 6.68. The van der Waals surface area contributed by atoms with Gasteiger partial charge in [0.15, 0.2) is 9.84 Å². The summed E-state index contributed by atoms with van der Waals surface area (Å²) in [5.74, 6) is 2.15. The van der Waals surface area contributed by atoms with Crippen molar-refractivity contribution in [2.24, 2.45) is 0 Å². The molecule has 1 aliphatic rings. The van der Waals surface area contributed by atoms with Gasteiger partial charge in [-0.2, -0.15) is 11.8 Å². The summed E-state index contributed by atoms with van der Waals surface area (Å²) in [6.45, 7) is 2.26. The lowest BCUT2D eigenvalue weighted by Crippen LogP contribution is -2.48. The highest BCUT2D eigenvalue weighted by Gasteiger charge is 2.35. The summed E-state index contributed by atoms with van der Waals surface area (Å²) in [5, 5.41) is -0.310. The number of alkyl halides is 1. The Morgan fingerprint density at radius 1 is 1.50 bits per heavy atom. The fourth-order valence-electron chi connectivity index (χ4n) is 2.06. The van der Waals surface area contributed by atoms with Crippen LogP contribution >= 0.6 is 35.0 Å². The van der Waals surface area contributed by atoms with Crippen LogP contribution in [0, 0.1) is 0 Å². The maximum atomic E-state index is 12.3. The van der Waals surface area contributed by atoms with Crippen LogP contribution in [0.1, 0.15) is 12.5 Å². The van der Waals surface area contributed by atoms with E-state index in [9.17, 15) is 8.42 Å². The van der Waals surface area contributed by atoms with E-state index in [1.165, 1.54) is 6.33 Å². The summed E-state index contributed by atoms with van der Waals surface area (Å²) in [6.07, 6.45) is 1.34. The molecule has 0 N–H and O–H groups in total. The first-order valence-electron chi connectivity index (χ1n) is 6.12. The van der Waals surface area contributed by atoms with Gasteiger partial charge < -0.3 is 4.90 Å². The van der Waals surface area contributed by atoms with Crippen LogP contribution in [0.3, 0.4) is 0 Å². The molecule has 1 fully saturated rings. The van der Waals surface area contributed by atoms with Gasteiger partial charge in [0, 0.05) is 29.4 Å². The third-order valence-corrected chi connectivity index (χ3v) is 7.06. The van der Waals surface area contributed by atoms with Crippen molar-refractivity contribution >= 4 is 50.6 Å². The molecule has 20 heavy (non-hydrogen) atoms. The van der Waals surface area contributed by atoms with E-state index in [1.54, 1.807) is 23.6 Å². The quantitative estimate of drug-likeness (QED) is 0.609. The van der Waals surface area contributed by atoms with Crippen molar-refractivity contribution in [2.75, 3.05) is 28.7 Å². The minimum Gasteiger partial charge on any atom is -0.338 e. The van der Waals surface area contributed by atoms with Gasteiger partial charge in [-0.3, -0.25) is 0 Å². The molecule has 1 unspecified atom stereocenters. The zero-order valence-electron chi connectivity index (χ0n) is 10.9. The lowest BCUT2D eigenvalue weighted by atomic mass is 10.3. The number of thioether (sulfide) groups is 1. The zero-order valence-corrected chi connectivity index (χ0v) is 14.1. The van der Waals surface area contributed by atoms with Gasteiger partial charge in [0.1, 0.15) is 22.7 Å². The fraction of sp³-hybridized carbons (Fsp3) is 0.636. The number of hydrogen-bond donors (Lipinski definition) is 0. The molecule has 5 nitrogen and oxygen atoms in total. The van der Waals surface area contributed by atoms with Crippen molar-refractivity contribution < 1.29 is 8.42 Å². The Morgan fingerprint density at radius 2 is 2.25 bits per heavy atom. The molecule has 1 aliphatic heterocycles. The predicted molar refractivity (Wildman–Crippen MR) is 84.5 cm³/mol. The van der Waals surface area contributed by atoms with E-state index in [0.717, 1.165) is 5.75 Å². The first-order chi connectivity index (χ1) is 9.51. The van der Waals surface area contributed by atoms with Crippen molar-refractivity contribution in [3.63, 3.8) is 0 Å². The van der Waals surface area contributed by atoms with Crippen LogP contribution in [-0.4, -0.2) is 47.6 Å². The molecule has 2 rings (SSSR count). The Bertz CT molecular complexity index is 583. The summed E-state index contributed by atoms with van der Waals surface area (Å²) in [5.41, 5.74) is 0.582. The number of nitrogens with zero attached hydrogens (tertiary/aromatic N) is 3. The largest absolute Gasteiger partial charge is 0.338 e. The van der Waals surface area contributed by atoms with Crippen molar-refractivity contribution in [1.29, 1.82) is 0 Å². The molecule has 1 atom stereocenters. The first kappa shape index (κ1) is 16.1. The fourth-order valence-corrected chi connectivity index (χ4v) is 5.54. The van der Waals surface area contributed by atoms with Crippen LogP contribution < -0.4 is 4.90 Å². The Morgan fingerprint density at radius 3 is 2.90 bits per heavy atom. The van der Waals surface area contributed by atoms with Gasteiger partial charge in [-0.05, 0) is 0 Å². The van der Waals surface area contributed by atoms with Gasteiger partial charge in [-0.15, -0.1) is 11.6 Å². The molecule has 0 saturated carbocycles. The molecule has 0 radical (unpaired) electrons. The Balaban J connectivity index is 2.46. The van der Waals surface area contributed by atoms with Gasteiger partial charge in [0.25, 0.3) is 0 Å². The van der Waals surface area contributed by atoms with Gasteiger partial charge in [-0.1, -0.05) is 18.5 Å². The van der Waals surface area contributed by atoms with E-state index in [0.29, 0.717) is 23.7 Å². The standard InChI is InChI=1S/C11H15Cl2N3O2S2/c1-2-20(17,18)9-6-19-4-3-16(9)11-8(5-12)10(13)14-7-15-11/h7,9H,2-6H2,1H3. The van der Waals surface area contributed by atoms with E-state index in [-0.39, 0.29) is 16.8 Å². The second-order valence-electron chi connectivity index (χ2n) is 4.27. The molecule has 112 valence electrons. The van der Waals surface area contributed by atoms with E-state index < -0.39 is 15.2 Å². The SMILES string of the molecule is CCS(=O)(=O)C1CSCCN1c1ncnc(Cl)c1CCl. The van der Waals surface area contributed by atoms with Gasteiger partial charge in [0.05, 0.1) is 5.88 Å². The summed E-state index contributed by atoms with van der Waals surface area (Å²) in [7, 11) is -3.20. The number of anilines is 1. The third kappa shape index (κ3) is 3.16. The van der Waals surface area contributed by atoms with E-state index in [2.05, 4.69) is 9.97 Å². The van der Waals surface area contributed by atoms with Crippen LogP contribution in [0.5, 0.6) is 0 Å². The molecule has 0 aliphatic carbocycles. The Kier molecular flexibility index (Phi) is 5.39. The normalized spacial score (nSPS) is 20.1. The highest BCUT2D eigenvalue weighted by molar-refractivity contribution is 8.01. The highest BCUT2D eigenvalue weighted by atomic mass is 35.5.